The molecule has 4 atom stereocenters. The zero-order chi connectivity index (χ0) is 16.1. The van der Waals surface area contributed by atoms with E-state index < -0.39 is 29.6 Å². The SMILES string of the molecule is COc1cc(CC2(O)C(=O)OC3C(O)COC32O)ccc1O. The van der Waals surface area contributed by atoms with Gasteiger partial charge in [0.15, 0.2) is 17.6 Å². The van der Waals surface area contributed by atoms with E-state index in [2.05, 4.69) is 0 Å². The monoisotopic (exact) mass is 312 g/mol. The van der Waals surface area contributed by atoms with Crippen LogP contribution in [0.15, 0.2) is 18.2 Å². The first-order chi connectivity index (χ1) is 10.3. The minimum Gasteiger partial charge on any atom is -0.504 e. The molecule has 2 saturated heterocycles. The van der Waals surface area contributed by atoms with Crippen molar-refractivity contribution in [1.82, 2.24) is 0 Å². The molecular weight excluding hydrogens is 296 g/mol. The number of benzene rings is 1. The maximum atomic E-state index is 12.0. The second kappa shape index (κ2) is 4.82. The Morgan fingerprint density at radius 1 is 1.41 bits per heavy atom. The molecule has 2 heterocycles. The van der Waals surface area contributed by atoms with E-state index in [1.54, 1.807) is 0 Å². The maximum Gasteiger partial charge on any atom is 0.344 e. The Morgan fingerprint density at radius 3 is 2.82 bits per heavy atom. The molecule has 4 N–H and O–H groups in total. The van der Waals surface area contributed by atoms with Crippen LogP contribution in [0.1, 0.15) is 5.56 Å². The summed E-state index contributed by atoms with van der Waals surface area (Å²) < 4.78 is 14.9. The van der Waals surface area contributed by atoms with E-state index >= 15 is 0 Å². The average molecular weight is 312 g/mol. The molecule has 0 saturated carbocycles. The Hall–Kier alpha value is -1.87. The maximum absolute atomic E-state index is 12.0. The number of phenolic OH excluding ortho intramolecular Hbond substituents is 1. The van der Waals surface area contributed by atoms with Crippen LogP contribution in [0.3, 0.4) is 0 Å². The van der Waals surface area contributed by atoms with Gasteiger partial charge in [0, 0.05) is 6.42 Å². The topological polar surface area (TPSA) is 126 Å². The van der Waals surface area contributed by atoms with Gasteiger partial charge in [-0.25, -0.2) is 4.79 Å². The Bertz CT molecular complexity index is 617. The van der Waals surface area contributed by atoms with Crippen LogP contribution >= 0.6 is 0 Å². The third kappa shape index (κ3) is 1.88. The van der Waals surface area contributed by atoms with Gasteiger partial charge in [-0.3, -0.25) is 0 Å². The van der Waals surface area contributed by atoms with E-state index in [4.69, 9.17) is 14.2 Å². The van der Waals surface area contributed by atoms with Crippen LogP contribution in [0.4, 0.5) is 0 Å². The number of aliphatic hydroxyl groups is 3. The summed E-state index contributed by atoms with van der Waals surface area (Å²) in [6.45, 7) is -0.254. The minimum atomic E-state index is -2.36. The lowest BCUT2D eigenvalue weighted by Crippen LogP contribution is -2.59. The third-order valence-electron chi connectivity index (χ3n) is 4.08. The number of phenols is 1. The zero-order valence-electron chi connectivity index (χ0n) is 11.7. The average Bonchev–Trinajstić information content (AvgIpc) is 2.87. The molecule has 2 fully saturated rings. The number of ether oxygens (including phenoxy) is 3. The fraction of sp³-hybridized carbons (Fsp3) is 0.500. The Morgan fingerprint density at radius 2 is 2.14 bits per heavy atom. The van der Waals surface area contributed by atoms with Crippen LogP contribution in [-0.2, 0) is 20.7 Å². The van der Waals surface area contributed by atoms with E-state index in [-0.39, 0.29) is 24.5 Å². The number of carbonyl (C=O) groups excluding carboxylic acids is 1. The van der Waals surface area contributed by atoms with Gasteiger partial charge < -0.3 is 34.6 Å². The number of carbonyl (C=O) groups is 1. The molecule has 0 amide bonds. The predicted molar refractivity (Wildman–Crippen MR) is 70.1 cm³/mol. The molecule has 1 aromatic carbocycles. The first-order valence-corrected chi connectivity index (χ1v) is 6.65. The smallest absolute Gasteiger partial charge is 0.344 e. The molecule has 1 aromatic rings. The van der Waals surface area contributed by atoms with E-state index in [1.165, 1.54) is 25.3 Å². The van der Waals surface area contributed by atoms with Crippen LogP contribution in [0.25, 0.3) is 0 Å². The highest BCUT2D eigenvalue weighted by atomic mass is 16.7. The van der Waals surface area contributed by atoms with Gasteiger partial charge >= 0.3 is 5.97 Å². The number of hydrogen-bond donors (Lipinski definition) is 4. The molecule has 4 unspecified atom stereocenters. The molecule has 120 valence electrons. The number of aromatic hydroxyl groups is 1. The zero-order valence-corrected chi connectivity index (χ0v) is 11.7. The van der Waals surface area contributed by atoms with Crippen LogP contribution in [0, 0.1) is 0 Å². The second-order valence-electron chi connectivity index (χ2n) is 5.44. The quantitative estimate of drug-likeness (QED) is 0.506. The van der Waals surface area contributed by atoms with Gasteiger partial charge in [-0.05, 0) is 17.7 Å². The van der Waals surface area contributed by atoms with E-state index in [0.29, 0.717) is 5.56 Å². The van der Waals surface area contributed by atoms with Gasteiger partial charge in [0.2, 0.25) is 11.4 Å². The predicted octanol–water partition coefficient (Wildman–Crippen LogP) is -1.32. The van der Waals surface area contributed by atoms with E-state index in [0.717, 1.165) is 0 Å². The highest BCUT2D eigenvalue weighted by Crippen LogP contribution is 2.45. The molecule has 0 radical (unpaired) electrons. The van der Waals surface area contributed by atoms with Crippen LogP contribution in [0.5, 0.6) is 11.5 Å². The summed E-state index contributed by atoms with van der Waals surface area (Å²) in [7, 11) is 1.36. The van der Waals surface area contributed by atoms with Gasteiger partial charge in [0.25, 0.3) is 0 Å². The lowest BCUT2D eigenvalue weighted by molar-refractivity contribution is -0.262. The molecule has 0 spiro atoms. The molecule has 8 heteroatoms. The van der Waals surface area contributed by atoms with Crippen molar-refractivity contribution in [1.29, 1.82) is 0 Å². The van der Waals surface area contributed by atoms with Crippen LogP contribution < -0.4 is 4.74 Å². The van der Waals surface area contributed by atoms with E-state index in [1.807, 2.05) is 0 Å². The fourth-order valence-electron chi connectivity index (χ4n) is 2.84. The summed E-state index contributed by atoms with van der Waals surface area (Å²) >= 11 is 0. The fourth-order valence-corrected chi connectivity index (χ4v) is 2.84. The van der Waals surface area contributed by atoms with Gasteiger partial charge in [0.1, 0.15) is 6.10 Å². The summed E-state index contributed by atoms with van der Waals surface area (Å²) in [6, 6.07) is 4.22. The first kappa shape index (κ1) is 15.0. The minimum absolute atomic E-state index is 0.101. The van der Waals surface area contributed by atoms with Crippen molar-refractivity contribution in [2.75, 3.05) is 13.7 Å². The molecule has 3 rings (SSSR count). The second-order valence-corrected chi connectivity index (χ2v) is 5.44. The largest absolute Gasteiger partial charge is 0.504 e. The van der Waals surface area contributed by atoms with Crippen LogP contribution in [-0.4, -0.2) is 63.7 Å². The first-order valence-electron chi connectivity index (χ1n) is 6.65. The molecule has 22 heavy (non-hydrogen) atoms. The van der Waals surface area contributed by atoms with E-state index in [9.17, 15) is 25.2 Å². The summed E-state index contributed by atoms with van der Waals surface area (Å²) in [5.41, 5.74) is -1.95. The number of fused-ring (bicyclic) bond motifs is 1. The Balaban J connectivity index is 1.95. The highest BCUT2D eigenvalue weighted by molar-refractivity contribution is 5.84. The summed E-state index contributed by atoms with van der Waals surface area (Å²) in [6.07, 6.45) is -2.89. The lowest BCUT2D eigenvalue weighted by Gasteiger charge is -2.31. The van der Waals surface area contributed by atoms with Gasteiger partial charge in [-0.2, -0.15) is 0 Å². The number of esters is 1. The molecular formula is C14H16O8. The normalized spacial score (nSPS) is 37.0. The van der Waals surface area contributed by atoms with Crippen molar-refractivity contribution < 1.29 is 39.4 Å². The Labute approximate surface area is 125 Å². The summed E-state index contributed by atoms with van der Waals surface area (Å²) in [5, 5.41) is 40.3. The van der Waals surface area contributed by atoms with Crippen molar-refractivity contribution in [3.05, 3.63) is 23.8 Å². The molecule has 0 aliphatic carbocycles. The molecule has 8 nitrogen and oxygen atoms in total. The summed E-state index contributed by atoms with van der Waals surface area (Å²) in [4.78, 5) is 12.0. The lowest BCUT2D eigenvalue weighted by atomic mass is 9.85. The molecule has 0 aromatic heterocycles. The highest BCUT2D eigenvalue weighted by Gasteiger charge is 2.73. The van der Waals surface area contributed by atoms with Crippen LogP contribution in [0.2, 0.25) is 0 Å². The van der Waals surface area contributed by atoms with Gasteiger partial charge in [-0.1, -0.05) is 6.07 Å². The van der Waals surface area contributed by atoms with Crippen molar-refractivity contribution in [2.24, 2.45) is 0 Å². The number of hydrogen-bond acceptors (Lipinski definition) is 8. The van der Waals surface area contributed by atoms with Crippen molar-refractivity contribution in [3.63, 3.8) is 0 Å². The standard InChI is InChI=1S/C14H16O8/c1-20-10-4-7(2-3-8(10)15)5-13(18)12(17)22-11-9(16)6-21-14(11,13)19/h2-4,9,11,15-16,18-19H,5-6H2,1H3. The third-order valence-corrected chi connectivity index (χ3v) is 4.08. The van der Waals surface area contributed by atoms with Crippen molar-refractivity contribution in [3.8, 4) is 11.5 Å². The number of methoxy groups -OCH3 is 1. The number of aliphatic hydroxyl groups excluding tert-OH is 1. The molecule has 2 aliphatic heterocycles. The molecule has 0 bridgehead atoms. The Kier molecular flexibility index (Phi) is 3.29. The van der Waals surface area contributed by atoms with Gasteiger partial charge in [-0.15, -0.1) is 0 Å². The summed E-state index contributed by atoms with van der Waals surface area (Å²) in [5.74, 6) is -3.35. The van der Waals surface area contributed by atoms with Crippen molar-refractivity contribution in [2.45, 2.75) is 30.0 Å². The number of rotatable bonds is 3. The van der Waals surface area contributed by atoms with Gasteiger partial charge in [0.05, 0.1) is 13.7 Å². The molecule has 2 aliphatic rings. The van der Waals surface area contributed by atoms with Crippen molar-refractivity contribution >= 4 is 5.97 Å².